The average molecular weight is 263 g/mol. The van der Waals surface area contributed by atoms with Crippen molar-refractivity contribution < 1.29 is 14.7 Å². The molecule has 4 heteroatoms. The van der Waals surface area contributed by atoms with Crippen molar-refractivity contribution >= 4 is 5.78 Å². The van der Waals surface area contributed by atoms with E-state index in [1.165, 1.54) is 0 Å². The lowest BCUT2D eigenvalue weighted by Crippen LogP contribution is -2.62. The van der Waals surface area contributed by atoms with Gasteiger partial charge in [-0.15, -0.1) is 5.06 Å². The van der Waals surface area contributed by atoms with E-state index in [0.717, 1.165) is 0 Å². The number of phenols is 1. The molecule has 0 amide bonds. The number of aromatic hydroxyl groups is 1. The lowest BCUT2D eigenvalue weighted by Gasteiger charge is -2.50. The topological polar surface area (TPSA) is 49.8 Å². The van der Waals surface area contributed by atoms with Gasteiger partial charge in [-0.25, -0.2) is 0 Å². The summed E-state index contributed by atoms with van der Waals surface area (Å²) in [5.74, 6) is 0.760. The molecule has 0 spiro atoms. The van der Waals surface area contributed by atoms with Crippen molar-refractivity contribution in [2.45, 2.75) is 51.6 Å². The lowest BCUT2D eigenvalue weighted by molar-refractivity contribution is -0.214. The van der Waals surface area contributed by atoms with Crippen LogP contribution in [0, 0.1) is 0 Å². The maximum absolute atomic E-state index is 11.8. The summed E-state index contributed by atoms with van der Waals surface area (Å²) in [5, 5.41) is 11.6. The fraction of sp³-hybridized carbons (Fsp3) is 0.533. The Labute approximate surface area is 113 Å². The third kappa shape index (κ3) is 2.73. The normalized spacial score (nSPS) is 22.2. The molecule has 1 aliphatic rings. The summed E-state index contributed by atoms with van der Waals surface area (Å²) in [4.78, 5) is 17.7. The molecule has 0 saturated carbocycles. The highest BCUT2D eigenvalue weighted by Gasteiger charge is 2.47. The number of nitrogens with zero attached hydrogens (tertiary/aromatic N) is 1. The zero-order valence-corrected chi connectivity index (χ0v) is 11.9. The molecule has 0 aromatic heterocycles. The molecule has 1 aliphatic heterocycles. The number of hydrogen-bond acceptors (Lipinski definition) is 4. The SMILES string of the molecule is CC1(C)CC(=O)CC(C)(C)N1Oc1ccccc1O. The second kappa shape index (κ2) is 4.53. The number of piperidine rings is 1. The predicted molar refractivity (Wildman–Crippen MR) is 73.0 cm³/mol. The predicted octanol–water partition coefficient (Wildman–Crippen LogP) is 2.91. The number of carbonyl (C=O) groups excluding carboxylic acids is 1. The molecule has 104 valence electrons. The maximum atomic E-state index is 11.8. The number of para-hydroxylation sites is 2. The van der Waals surface area contributed by atoms with Crippen molar-refractivity contribution in [2.75, 3.05) is 0 Å². The van der Waals surface area contributed by atoms with Crippen molar-refractivity contribution in [3.8, 4) is 11.5 Å². The number of benzene rings is 1. The van der Waals surface area contributed by atoms with Crippen LogP contribution in [-0.4, -0.2) is 27.0 Å². The van der Waals surface area contributed by atoms with E-state index in [2.05, 4.69) is 0 Å². The van der Waals surface area contributed by atoms with Gasteiger partial charge in [0.15, 0.2) is 11.5 Å². The van der Waals surface area contributed by atoms with Gasteiger partial charge in [-0.3, -0.25) is 4.79 Å². The molecule has 0 radical (unpaired) electrons. The van der Waals surface area contributed by atoms with Gasteiger partial charge in [-0.05, 0) is 39.8 Å². The lowest BCUT2D eigenvalue weighted by atomic mass is 9.81. The first kappa shape index (κ1) is 13.9. The third-order valence-corrected chi connectivity index (χ3v) is 3.41. The van der Waals surface area contributed by atoms with Crippen molar-refractivity contribution in [3.63, 3.8) is 0 Å². The zero-order chi connectivity index (χ0) is 14.3. The van der Waals surface area contributed by atoms with E-state index in [1.54, 1.807) is 18.2 Å². The summed E-state index contributed by atoms with van der Waals surface area (Å²) < 4.78 is 0. The molecule has 0 unspecified atom stereocenters. The van der Waals surface area contributed by atoms with Gasteiger partial charge in [0.05, 0.1) is 11.1 Å². The van der Waals surface area contributed by atoms with Crippen molar-refractivity contribution in [3.05, 3.63) is 24.3 Å². The minimum atomic E-state index is -0.402. The van der Waals surface area contributed by atoms with Gasteiger partial charge < -0.3 is 9.94 Å². The smallest absolute Gasteiger partial charge is 0.189 e. The molecule has 1 saturated heterocycles. The Balaban J connectivity index is 2.31. The average Bonchev–Trinajstić information content (AvgIpc) is 2.23. The Morgan fingerprint density at radius 2 is 1.63 bits per heavy atom. The van der Waals surface area contributed by atoms with Crippen LogP contribution in [0.15, 0.2) is 24.3 Å². The van der Waals surface area contributed by atoms with E-state index in [4.69, 9.17) is 4.84 Å². The minimum Gasteiger partial charge on any atom is -0.504 e. The molecule has 1 aromatic carbocycles. The summed E-state index contributed by atoms with van der Waals surface area (Å²) in [6.07, 6.45) is 0.897. The molecule has 0 bridgehead atoms. The van der Waals surface area contributed by atoms with Crippen molar-refractivity contribution in [2.24, 2.45) is 0 Å². The Hall–Kier alpha value is -1.55. The molecule has 4 nitrogen and oxygen atoms in total. The second-order valence-electron chi connectivity index (χ2n) is 6.37. The molecule has 1 heterocycles. The summed E-state index contributed by atoms with van der Waals surface area (Å²) >= 11 is 0. The van der Waals surface area contributed by atoms with Gasteiger partial charge in [-0.1, -0.05) is 12.1 Å². The number of rotatable bonds is 2. The van der Waals surface area contributed by atoms with E-state index >= 15 is 0 Å². The molecule has 1 fully saturated rings. The van der Waals surface area contributed by atoms with Crippen molar-refractivity contribution in [1.82, 2.24) is 5.06 Å². The number of carbonyl (C=O) groups is 1. The highest BCUT2D eigenvalue weighted by atomic mass is 16.7. The van der Waals surface area contributed by atoms with Gasteiger partial charge in [0.2, 0.25) is 0 Å². The fourth-order valence-corrected chi connectivity index (χ4v) is 2.87. The highest BCUT2D eigenvalue weighted by molar-refractivity contribution is 5.81. The summed E-state index contributed by atoms with van der Waals surface area (Å²) in [7, 11) is 0. The number of hydroxylamine groups is 2. The molecule has 19 heavy (non-hydrogen) atoms. The van der Waals surface area contributed by atoms with E-state index in [0.29, 0.717) is 18.6 Å². The number of Topliss-reactive ketones (excluding diaryl/α,β-unsaturated/α-hetero) is 1. The molecule has 0 aliphatic carbocycles. The van der Waals surface area contributed by atoms with Gasteiger partial charge in [0, 0.05) is 12.8 Å². The van der Waals surface area contributed by atoms with Crippen LogP contribution in [0.5, 0.6) is 11.5 Å². The number of hydrogen-bond donors (Lipinski definition) is 1. The highest BCUT2D eigenvalue weighted by Crippen LogP contribution is 2.38. The summed E-state index contributed by atoms with van der Waals surface area (Å²) in [6, 6.07) is 6.87. The Kier molecular flexibility index (Phi) is 3.31. The maximum Gasteiger partial charge on any atom is 0.189 e. The third-order valence-electron chi connectivity index (χ3n) is 3.41. The van der Waals surface area contributed by atoms with Gasteiger partial charge in [0.1, 0.15) is 5.78 Å². The van der Waals surface area contributed by atoms with Crippen LogP contribution in [0.2, 0.25) is 0 Å². The van der Waals surface area contributed by atoms with Crippen LogP contribution >= 0.6 is 0 Å². The Bertz CT molecular complexity index is 474. The first-order valence-electron chi connectivity index (χ1n) is 6.50. The quantitative estimate of drug-likeness (QED) is 0.891. The monoisotopic (exact) mass is 263 g/mol. The Morgan fingerprint density at radius 3 is 2.16 bits per heavy atom. The number of phenolic OH excluding ortho intramolecular Hbond substituents is 1. The Morgan fingerprint density at radius 1 is 1.11 bits per heavy atom. The van der Waals surface area contributed by atoms with Crippen molar-refractivity contribution in [1.29, 1.82) is 0 Å². The van der Waals surface area contributed by atoms with Crippen LogP contribution in [0.4, 0.5) is 0 Å². The van der Waals surface area contributed by atoms with Crippen LogP contribution in [-0.2, 0) is 4.79 Å². The molecule has 1 aromatic rings. The standard InChI is InChI=1S/C15H21NO3/c1-14(2)9-11(17)10-15(3,4)16(14)19-13-8-6-5-7-12(13)18/h5-8,18H,9-10H2,1-4H3. The van der Waals surface area contributed by atoms with E-state index < -0.39 is 11.1 Å². The summed E-state index contributed by atoms with van der Waals surface area (Å²) in [5.41, 5.74) is -0.803. The molecule has 2 rings (SSSR count). The van der Waals surface area contributed by atoms with E-state index in [9.17, 15) is 9.90 Å². The molecule has 0 atom stereocenters. The van der Waals surface area contributed by atoms with Gasteiger partial charge in [-0.2, -0.15) is 0 Å². The van der Waals surface area contributed by atoms with Gasteiger partial charge in [0.25, 0.3) is 0 Å². The summed E-state index contributed by atoms with van der Waals surface area (Å²) in [6.45, 7) is 7.91. The van der Waals surface area contributed by atoms with Gasteiger partial charge >= 0.3 is 0 Å². The van der Waals surface area contributed by atoms with Crippen LogP contribution in [0.1, 0.15) is 40.5 Å². The molecule has 1 N–H and O–H groups in total. The van der Waals surface area contributed by atoms with Crippen LogP contribution in [0.3, 0.4) is 0 Å². The fourth-order valence-electron chi connectivity index (χ4n) is 2.87. The van der Waals surface area contributed by atoms with Crippen LogP contribution < -0.4 is 4.84 Å². The minimum absolute atomic E-state index is 0.103. The van der Waals surface area contributed by atoms with E-state index in [1.807, 2.05) is 38.8 Å². The molecular weight excluding hydrogens is 242 g/mol. The second-order valence-corrected chi connectivity index (χ2v) is 6.37. The van der Waals surface area contributed by atoms with E-state index in [-0.39, 0.29) is 11.5 Å². The molecular formula is C15H21NO3. The number of ketones is 1. The first-order chi connectivity index (χ1) is 8.72. The zero-order valence-electron chi connectivity index (χ0n) is 11.9. The van der Waals surface area contributed by atoms with Crippen LogP contribution in [0.25, 0.3) is 0 Å². The first-order valence-corrected chi connectivity index (χ1v) is 6.50. The largest absolute Gasteiger partial charge is 0.504 e.